The van der Waals surface area contributed by atoms with Crippen LogP contribution in [0.3, 0.4) is 0 Å². The number of aromatic hydroxyl groups is 1. The lowest BCUT2D eigenvalue weighted by Gasteiger charge is -2.15. The van der Waals surface area contributed by atoms with Crippen molar-refractivity contribution in [3.8, 4) is 5.75 Å². The van der Waals surface area contributed by atoms with Crippen LogP contribution in [0.1, 0.15) is 16.7 Å². The molecule has 1 aromatic heterocycles. The molecule has 0 aliphatic heterocycles. The molecule has 0 spiro atoms. The van der Waals surface area contributed by atoms with Gasteiger partial charge in [-0.1, -0.05) is 24.3 Å². The normalized spacial score (nSPS) is 11.9. The standard InChI is InChI=1S/C22H24N2O4/c1-14-3-8-19-16(12-23-20(19)9-14)11-21(26)24-13-17(22(27)28-2)10-15-4-6-18(25)7-5-15/h3-9,12,17,23,25H,10-11,13H2,1-2H3,(H,24,26). The second-order valence-electron chi connectivity index (χ2n) is 6.93. The Kier molecular flexibility index (Phi) is 5.99. The second kappa shape index (κ2) is 8.61. The number of H-pyrrole nitrogens is 1. The highest BCUT2D eigenvalue weighted by atomic mass is 16.5. The van der Waals surface area contributed by atoms with Crippen molar-refractivity contribution in [2.75, 3.05) is 13.7 Å². The molecule has 0 saturated carbocycles. The van der Waals surface area contributed by atoms with E-state index in [4.69, 9.17) is 4.74 Å². The quantitative estimate of drug-likeness (QED) is 0.550. The fourth-order valence-corrected chi connectivity index (χ4v) is 3.24. The third-order valence-corrected chi connectivity index (χ3v) is 4.77. The molecular formula is C22H24N2O4. The number of nitrogens with one attached hydrogen (secondary N) is 2. The van der Waals surface area contributed by atoms with Crippen LogP contribution >= 0.6 is 0 Å². The van der Waals surface area contributed by atoms with Crippen molar-refractivity contribution in [3.05, 3.63) is 65.4 Å². The lowest BCUT2D eigenvalue weighted by molar-refractivity contribution is -0.145. The Bertz CT molecular complexity index is 976. The number of carbonyl (C=O) groups is 2. The van der Waals surface area contributed by atoms with E-state index >= 15 is 0 Å². The van der Waals surface area contributed by atoms with Crippen LogP contribution in [-0.2, 0) is 27.2 Å². The summed E-state index contributed by atoms with van der Waals surface area (Å²) in [6, 6.07) is 12.7. The molecule has 3 rings (SSSR count). The Hall–Kier alpha value is -3.28. The summed E-state index contributed by atoms with van der Waals surface area (Å²) < 4.78 is 4.87. The molecule has 146 valence electrons. The highest BCUT2D eigenvalue weighted by Crippen LogP contribution is 2.20. The first kappa shape index (κ1) is 19.5. The minimum atomic E-state index is -0.496. The zero-order valence-electron chi connectivity index (χ0n) is 16.0. The highest BCUT2D eigenvalue weighted by molar-refractivity contribution is 5.89. The number of benzene rings is 2. The first-order valence-electron chi connectivity index (χ1n) is 9.15. The molecule has 0 aliphatic carbocycles. The highest BCUT2D eigenvalue weighted by Gasteiger charge is 2.21. The lowest BCUT2D eigenvalue weighted by Crippen LogP contribution is -2.35. The molecule has 3 N–H and O–H groups in total. The van der Waals surface area contributed by atoms with Gasteiger partial charge in [-0.3, -0.25) is 9.59 Å². The maximum atomic E-state index is 12.4. The molecule has 3 aromatic rings. The summed E-state index contributed by atoms with van der Waals surface area (Å²) in [4.78, 5) is 27.7. The number of hydrogen-bond donors (Lipinski definition) is 3. The van der Waals surface area contributed by atoms with Crippen LogP contribution in [0.15, 0.2) is 48.7 Å². The van der Waals surface area contributed by atoms with Gasteiger partial charge in [0.25, 0.3) is 0 Å². The van der Waals surface area contributed by atoms with Crippen molar-refractivity contribution >= 4 is 22.8 Å². The molecule has 0 fully saturated rings. The van der Waals surface area contributed by atoms with E-state index in [0.717, 1.165) is 27.6 Å². The summed E-state index contributed by atoms with van der Waals surface area (Å²) in [7, 11) is 1.34. The zero-order chi connectivity index (χ0) is 20.1. The van der Waals surface area contributed by atoms with Gasteiger partial charge >= 0.3 is 5.97 Å². The number of hydrogen-bond acceptors (Lipinski definition) is 4. The minimum Gasteiger partial charge on any atom is -0.508 e. The molecule has 1 amide bonds. The number of rotatable bonds is 7. The first-order valence-corrected chi connectivity index (χ1v) is 9.15. The topological polar surface area (TPSA) is 91.4 Å². The average Bonchev–Trinajstić information content (AvgIpc) is 3.07. The Morgan fingerprint density at radius 2 is 1.93 bits per heavy atom. The molecule has 0 saturated heterocycles. The third kappa shape index (κ3) is 4.71. The van der Waals surface area contributed by atoms with Crippen molar-refractivity contribution in [1.82, 2.24) is 10.3 Å². The first-order chi connectivity index (χ1) is 13.5. The number of amides is 1. The molecule has 6 heteroatoms. The predicted octanol–water partition coefficient (Wildman–Crippen LogP) is 2.87. The van der Waals surface area contributed by atoms with Crippen LogP contribution in [0.2, 0.25) is 0 Å². The van der Waals surface area contributed by atoms with Gasteiger partial charge in [-0.15, -0.1) is 0 Å². The molecule has 2 aromatic carbocycles. The van der Waals surface area contributed by atoms with Crippen molar-refractivity contribution in [2.24, 2.45) is 5.92 Å². The van der Waals surface area contributed by atoms with Crippen LogP contribution in [0.4, 0.5) is 0 Å². The van der Waals surface area contributed by atoms with Crippen molar-refractivity contribution in [2.45, 2.75) is 19.8 Å². The summed E-state index contributed by atoms with van der Waals surface area (Å²) in [6.07, 6.45) is 2.49. The Morgan fingerprint density at radius 3 is 2.64 bits per heavy atom. The Balaban J connectivity index is 1.62. The molecule has 1 heterocycles. The number of aryl methyl sites for hydroxylation is 1. The number of carbonyl (C=O) groups excluding carboxylic acids is 2. The number of methoxy groups -OCH3 is 1. The summed E-state index contributed by atoms with van der Waals surface area (Å²) in [6.45, 7) is 2.21. The molecule has 1 atom stereocenters. The molecular weight excluding hydrogens is 356 g/mol. The van der Waals surface area contributed by atoms with E-state index in [9.17, 15) is 14.7 Å². The van der Waals surface area contributed by atoms with Crippen LogP contribution in [0, 0.1) is 12.8 Å². The average molecular weight is 380 g/mol. The van der Waals surface area contributed by atoms with E-state index < -0.39 is 5.92 Å². The number of fused-ring (bicyclic) bond motifs is 1. The number of ether oxygens (including phenoxy) is 1. The number of phenols is 1. The van der Waals surface area contributed by atoms with Gasteiger partial charge in [0, 0.05) is 23.6 Å². The van der Waals surface area contributed by atoms with Gasteiger partial charge in [0.05, 0.1) is 19.4 Å². The van der Waals surface area contributed by atoms with Crippen molar-refractivity contribution in [1.29, 1.82) is 0 Å². The van der Waals surface area contributed by atoms with Gasteiger partial charge in [0.2, 0.25) is 5.91 Å². The number of phenolic OH excluding ortho intramolecular Hbond substituents is 1. The third-order valence-electron chi connectivity index (χ3n) is 4.77. The number of aromatic nitrogens is 1. The maximum Gasteiger partial charge on any atom is 0.310 e. The molecule has 6 nitrogen and oxygen atoms in total. The van der Waals surface area contributed by atoms with E-state index in [1.807, 2.05) is 31.3 Å². The van der Waals surface area contributed by atoms with Crippen LogP contribution in [0.5, 0.6) is 5.75 Å². The molecule has 0 radical (unpaired) electrons. The fourth-order valence-electron chi connectivity index (χ4n) is 3.24. The maximum absolute atomic E-state index is 12.4. The zero-order valence-corrected chi connectivity index (χ0v) is 16.0. The fraction of sp³-hybridized carbons (Fsp3) is 0.273. The summed E-state index contributed by atoms with van der Waals surface area (Å²) in [5.41, 5.74) is 3.96. The predicted molar refractivity (Wildman–Crippen MR) is 107 cm³/mol. The molecule has 1 unspecified atom stereocenters. The number of esters is 1. The summed E-state index contributed by atoms with van der Waals surface area (Å²) in [5, 5.41) is 13.2. The minimum absolute atomic E-state index is 0.152. The van der Waals surface area contributed by atoms with Gasteiger partial charge in [0.15, 0.2) is 0 Å². The lowest BCUT2D eigenvalue weighted by atomic mass is 9.99. The van der Waals surface area contributed by atoms with Gasteiger partial charge in [0.1, 0.15) is 5.75 Å². The second-order valence-corrected chi connectivity index (χ2v) is 6.93. The van der Waals surface area contributed by atoms with Gasteiger partial charge in [-0.2, -0.15) is 0 Å². The summed E-state index contributed by atoms with van der Waals surface area (Å²) >= 11 is 0. The number of aromatic amines is 1. The van der Waals surface area contributed by atoms with E-state index in [-0.39, 0.29) is 30.6 Å². The van der Waals surface area contributed by atoms with E-state index in [2.05, 4.69) is 10.3 Å². The van der Waals surface area contributed by atoms with Gasteiger partial charge in [-0.05, 0) is 48.2 Å². The smallest absolute Gasteiger partial charge is 0.310 e. The van der Waals surface area contributed by atoms with Gasteiger partial charge < -0.3 is 20.1 Å². The Morgan fingerprint density at radius 1 is 1.18 bits per heavy atom. The van der Waals surface area contributed by atoms with E-state index in [1.165, 1.54) is 7.11 Å². The van der Waals surface area contributed by atoms with E-state index in [0.29, 0.717) is 6.42 Å². The van der Waals surface area contributed by atoms with Gasteiger partial charge in [-0.25, -0.2) is 0 Å². The monoisotopic (exact) mass is 380 g/mol. The van der Waals surface area contributed by atoms with Crippen LogP contribution in [0.25, 0.3) is 10.9 Å². The van der Waals surface area contributed by atoms with Crippen molar-refractivity contribution in [3.63, 3.8) is 0 Å². The van der Waals surface area contributed by atoms with Crippen LogP contribution < -0.4 is 5.32 Å². The van der Waals surface area contributed by atoms with Crippen LogP contribution in [-0.4, -0.2) is 35.6 Å². The van der Waals surface area contributed by atoms with Crippen molar-refractivity contribution < 1.29 is 19.4 Å². The Labute approximate surface area is 163 Å². The SMILES string of the molecule is COC(=O)C(CNC(=O)Cc1c[nH]c2cc(C)ccc12)Cc1ccc(O)cc1. The largest absolute Gasteiger partial charge is 0.508 e. The molecule has 0 bridgehead atoms. The molecule has 28 heavy (non-hydrogen) atoms. The molecule has 0 aliphatic rings. The van der Waals surface area contributed by atoms with E-state index in [1.54, 1.807) is 24.3 Å². The summed E-state index contributed by atoms with van der Waals surface area (Å²) in [5.74, 6) is -0.860.